The molecule has 130 valence electrons. The van der Waals surface area contributed by atoms with Gasteiger partial charge in [0, 0.05) is 32.2 Å². The van der Waals surface area contributed by atoms with Gasteiger partial charge in [0.25, 0.3) is 0 Å². The van der Waals surface area contributed by atoms with Crippen LogP contribution in [0.5, 0.6) is 0 Å². The number of hydrogen-bond acceptors (Lipinski definition) is 3. The van der Waals surface area contributed by atoms with Crippen molar-refractivity contribution in [3.8, 4) is 0 Å². The number of nitrogens with zero attached hydrogens (tertiary/aromatic N) is 2. The summed E-state index contributed by atoms with van der Waals surface area (Å²) in [5, 5.41) is 0. The van der Waals surface area contributed by atoms with E-state index in [4.69, 9.17) is 0 Å². The summed E-state index contributed by atoms with van der Waals surface area (Å²) in [6.45, 7) is 6.79. The molecule has 0 N–H and O–H groups in total. The monoisotopic (exact) mass is 324 g/mol. The third kappa shape index (κ3) is 6.96. The molecule has 0 spiro atoms. The van der Waals surface area contributed by atoms with Gasteiger partial charge in [-0.05, 0) is 46.2 Å². The lowest BCUT2D eigenvalue weighted by molar-refractivity contribution is -0.174. The molecule has 0 aromatic rings. The molecule has 0 saturated carbocycles. The molecular weight excluding hydrogens is 297 g/mol. The Balaban J connectivity index is 2.16. The number of piperidine rings is 1. The molecule has 1 amide bonds. The maximum absolute atomic E-state index is 12.2. The van der Waals surface area contributed by atoms with Crippen LogP contribution in [0.15, 0.2) is 0 Å². The highest BCUT2D eigenvalue weighted by molar-refractivity contribution is 5.78. The van der Waals surface area contributed by atoms with Gasteiger partial charge in [0.1, 0.15) is 6.61 Å². The minimum atomic E-state index is -4.25. The predicted octanol–water partition coefficient (Wildman–Crippen LogP) is 2.54. The number of likely N-dealkylation sites (tertiary alicyclic amines) is 1. The van der Waals surface area contributed by atoms with Crippen LogP contribution in [0.3, 0.4) is 0 Å². The highest BCUT2D eigenvalue weighted by Crippen LogP contribution is 2.20. The average molecular weight is 324 g/mol. The van der Waals surface area contributed by atoms with Crippen molar-refractivity contribution in [1.82, 2.24) is 9.80 Å². The first-order chi connectivity index (χ1) is 10.4. The van der Waals surface area contributed by atoms with Crippen LogP contribution in [0.25, 0.3) is 0 Å². The summed E-state index contributed by atoms with van der Waals surface area (Å²) in [6.07, 6.45) is -1.99. The first-order valence-electron chi connectivity index (χ1n) is 8.03. The Labute approximate surface area is 130 Å². The third-order valence-corrected chi connectivity index (χ3v) is 4.04. The number of carbonyl (C=O) groups excluding carboxylic acids is 1. The summed E-state index contributed by atoms with van der Waals surface area (Å²) >= 11 is 0. The summed E-state index contributed by atoms with van der Waals surface area (Å²) in [7, 11) is 0. The largest absolute Gasteiger partial charge is 0.411 e. The summed E-state index contributed by atoms with van der Waals surface area (Å²) in [4.78, 5) is 16.3. The molecule has 1 saturated heterocycles. The minimum Gasteiger partial charge on any atom is -0.372 e. The van der Waals surface area contributed by atoms with Gasteiger partial charge in [-0.2, -0.15) is 13.2 Å². The zero-order valence-corrected chi connectivity index (χ0v) is 13.5. The number of halogens is 3. The van der Waals surface area contributed by atoms with E-state index in [1.807, 2.05) is 18.7 Å². The van der Waals surface area contributed by atoms with E-state index >= 15 is 0 Å². The smallest absolute Gasteiger partial charge is 0.372 e. The molecule has 0 aromatic carbocycles. The highest BCUT2D eigenvalue weighted by atomic mass is 19.4. The fourth-order valence-electron chi connectivity index (χ4n) is 2.78. The molecule has 0 unspecified atom stereocenters. The molecule has 1 fully saturated rings. The van der Waals surface area contributed by atoms with Crippen molar-refractivity contribution in [2.24, 2.45) is 5.92 Å². The molecule has 1 aliphatic heterocycles. The van der Waals surface area contributed by atoms with E-state index in [1.165, 1.54) is 0 Å². The second-order valence-electron chi connectivity index (χ2n) is 5.65. The van der Waals surface area contributed by atoms with Gasteiger partial charge in [-0.15, -0.1) is 0 Å². The van der Waals surface area contributed by atoms with Gasteiger partial charge < -0.3 is 14.5 Å². The molecule has 0 aromatic heterocycles. The van der Waals surface area contributed by atoms with Crippen molar-refractivity contribution in [1.29, 1.82) is 0 Å². The SMILES string of the molecule is CCN(CC)C(=O)C1CCN(CCCOCC(F)(F)F)CC1. The number of amides is 1. The van der Waals surface area contributed by atoms with Crippen molar-refractivity contribution in [2.45, 2.75) is 39.3 Å². The standard InChI is InChI=1S/C15H27F3N2O2/c1-3-20(4-2)14(21)13-6-9-19(10-7-13)8-5-11-22-12-15(16,17)18/h13H,3-12H2,1-2H3. The van der Waals surface area contributed by atoms with E-state index in [9.17, 15) is 18.0 Å². The fourth-order valence-corrected chi connectivity index (χ4v) is 2.78. The number of carbonyl (C=O) groups is 1. The van der Waals surface area contributed by atoms with Crippen molar-refractivity contribution >= 4 is 5.91 Å². The van der Waals surface area contributed by atoms with E-state index < -0.39 is 12.8 Å². The second kappa shape index (κ2) is 9.35. The van der Waals surface area contributed by atoms with Crippen molar-refractivity contribution in [3.05, 3.63) is 0 Å². The van der Waals surface area contributed by atoms with Crippen LogP contribution in [0.1, 0.15) is 33.1 Å². The molecule has 0 atom stereocenters. The van der Waals surface area contributed by atoms with Crippen molar-refractivity contribution in [2.75, 3.05) is 45.9 Å². The Hall–Kier alpha value is -0.820. The summed E-state index contributed by atoms with van der Waals surface area (Å²) < 4.78 is 40.3. The van der Waals surface area contributed by atoms with Crippen LogP contribution in [0.4, 0.5) is 13.2 Å². The fraction of sp³-hybridized carbons (Fsp3) is 0.933. The topological polar surface area (TPSA) is 32.8 Å². The molecule has 0 aliphatic carbocycles. The van der Waals surface area contributed by atoms with E-state index in [-0.39, 0.29) is 18.4 Å². The van der Waals surface area contributed by atoms with Crippen LogP contribution in [-0.4, -0.2) is 67.8 Å². The normalized spacial score (nSPS) is 17.7. The molecule has 7 heteroatoms. The van der Waals surface area contributed by atoms with Gasteiger partial charge in [-0.1, -0.05) is 0 Å². The van der Waals surface area contributed by atoms with Crippen LogP contribution in [0, 0.1) is 5.92 Å². The van der Waals surface area contributed by atoms with Crippen LogP contribution in [-0.2, 0) is 9.53 Å². The van der Waals surface area contributed by atoms with E-state index in [0.717, 1.165) is 45.6 Å². The molecular formula is C15H27F3N2O2. The number of rotatable bonds is 8. The molecule has 1 heterocycles. The molecule has 22 heavy (non-hydrogen) atoms. The van der Waals surface area contributed by atoms with Crippen molar-refractivity contribution in [3.63, 3.8) is 0 Å². The first kappa shape index (κ1) is 19.2. The lowest BCUT2D eigenvalue weighted by atomic mass is 9.95. The molecule has 0 bridgehead atoms. The Morgan fingerprint density at radius 2 is 1.82 bits per heavy atom. The molecule has 1 rings (SSSR count). The van der Waals surface area contributed by atoms with E-state index in [2.05, 4.69) is 9.64 Å². The Bertz CT molecular complexity index is 325. The molecule has 0 radical (unpaired) electrons. The van der Waals surface area contributed by atoms with Gasteiger partial charge in [-0.25, -0.2) is 0 Å². The maximum Gasteiger partial charge on any atom is 0.411 e. The Morgan fingerprint density at radius 1 is 1.23 bits per heavy atom. The number of ether oxygens (including phenoxy) is 1. The van der Waals surface area contributed by atoms with Crippen LogP contribution >= 0.6 is 0 Å². The van der Waals surface area contributed by atoms with Crippen LogP contribution < -0.4 is 0 Å². The summed E-state index contributed by atoms with van der Waals surface area (Å²) in [5.74, 6) is 0.329. The Kier molecular flexibility index (Phi) is 8.17. The summed E-state index contributed by atoms with van der Waals surface area (Å²) in [5.41, 5.74) is 0. The zero-order chi connectivity index (χ0) is 16.6. The van der Waals surface area contributed by atoms with Crippen LogP contribution in [0.2, 0.25) is 0 Å². The molecule has 1 aliphatic rings. The van der Waals surface area contributed by atoms with Crippen molar-refractivity contribution < 1.29 is 22.7 Å². The van der Waals surface area contributed by atoms with Gasteiger partial charge in [-0.3, -0.25) is 4.79 Å². The predicted molar refractivity (Wildman–Crippen MR) is 78.6 cm³/mol. The minimum absolute atomic E-state index is 0.0950. The first-order valence-corrected chi connectivity index (χ1v) is 8.03. The van der Waals surface area contributed by atoms with E-state index in [1.54, 1.807) is 0 Å². The van der Waals surface area contributed by atoms with Gasteiger partial charge in [0.15, 0.2) is 0 Å². The molecule has 4 nitrogen and oxygen atoms in total. The Morgan fingerprint density at radius 3 is 2.32 bits per heavy atom. The lowest BCUT2D eigenvalue weighted by Crippen LogP contribution is -2.42. The zero-order valence-electron chi connectivity index (χ0n) is 13.5. The number of hydrogen-bond donors (Lipinski definition) is 0. The maximum atomic E-state index is 12.2. The second-order valence-corrected chi connectivity index (χ2v) is 5.65. The average Bonchev–Trinajstić information content (AvgIpc) is 2.47. The third-order valence-electron chi connectivity index (χ3n) is 4.04. The lowest BCUT2D eigenvalue weighted by Gasteiger charge is -2.33. The van der Waals surface area contributed by atoms with Gasteiger partial charge in [0.05, 0.1) is 0 Å². The highest BCUT2D eigenvalue weighted by Gasteiger charge is 2.28. The van der Waals surface area contributed by atoms with E-state index in [0.29, 0.717) is 6.42 Å². The van der Waals surface area contributed by atoms with Gasteiger partial charge in [0.2, 0.25) is 5.91 Å². The van der Waals surface area contributed by atoms with Gasteiger partial charge >= 0.3 is 6.18 Å². The quantitative estimate of drug-likeness (QED) is 0.643. The summed E-state index contributed by atoms with van der Waals surface area (Å²) in [6, 6.07) is 0. The number of alkyl halides is 3.